The number of carbonyl (C=O) groups excluding carboxylic acids is 1. The fourth-order valence-corrected chi connectivity index (χ4v) is 3.05. The van der Waals surface area contributed by atoms with E-state index in [1.165, 1.54) is 11.8 Å². The first kappa shape index (κ1) is 18.3. The van der Waals surface area contributed by atoms with Gasteiger partial charge < -0.3 is 14.6 Å². The van der Waals surface area contributed by atoms with Crippen LogP contribution in [0.3, 0.4) is 0 Å². The number of hydrogen-bond donors (Lipinski definition) is 1. The molecule has 0 saturated heterocycles. The summed E-state index contributed by atoms with van der Waals surface area (Å²) in [5.74, 6) is 0.875. The van der Waals surface area contributed by atoms with Crippen LogP contribution in [0.25, 0.3) is 0 Å². The molecule has 2 aromatic heterocycles. The number of imidazole rings is 1. The molecular weight excluding hydrogens is 324 g/mol. The quantitative estimate of drug-likeness (QED) is 0.779. The van der Waals surface area contributed by atoms with Gasteiger partial charge in [-0.25, -0.2) is 9.97 Å². The molecule has 0 fully saturated rings. The van der Waals surface area contributed by atoms with Crippen LogP contribution in [-0.2, 0) is 16.9 Å². The summed E-state index contributed by atoms with van der Waals surface area (Å²) in [5, 5.41) is 3.76. The molecule has 0 spiro atoms. The highest BCUT2D eigenvalue weighted by molar-refractivity contribution is 7.99. The number of amides is 1. The molecule has 0 bridgehead atoms. The Kier molecular flexibility index (Phi) is 6.25. The molecule has 6 nitrogen and oxygen atoms in total. The van der Waals surface area contributed by atoms with Crippen LogP contribution >= 0.6 is 11.8 Å². The largest absolute Gasteiger partial charge is 0.478 e. The number of thioether (sulfide) groups is 1. The fourth-order valence-electron chi connectivity index (χ4n) is 2.08. The van der Waals surface area contributed by atoms with Crippen LogP contribution in [0.4, 0.5) is 0 Å². The Balaban J connectivity index is 1.84. The van der Waals surface area contributed by atoms with Crippen molar-refractivity contribution in [1.82, 2.24) is 19.9 Å². The lowest BCUT2D eigenvalue weighted by Crippen LogP contribution is -2.26. The van der Waals surface area contributed by atoms with Gasteiger partial charge in [0.15, 0.2) is 5.16 Å². The Morgan fingerprint density at radius 1 is 1.33 bits per heavy atom. The van der Waals surface area contributed by atoms with Crippen molar-refractivity contribution in [3.8, 4) is 5.88 Å². The molecule has 130 valence electrons. The zero-order valence-corrected chi connectivity index (χ0v) is 15.4. The molecule has 0 atom stereocenters. The summed E-state index contributed by atoms with van der Waals surface area (Å²) < 4.78 is 7.43. The zero-order valence-electron chi connectivity index (χ0n) is 14.6. The molecule has 1 amide bonds. The van der Waals surface area contributed by atoms with Gasteiger partial charge >= 0.3 is 0 Å². The number of nitrogens with zero attached hydrogens (tertiary/aromatic N) is 3. The summed E-state index contributed by atoms with van der Waals surface area (Å²) in [4.78, 5) is 20.5. The Labute approximate surface area is 147 Å². The summed E-state index contributed by atoms with van der Waals surface area (Å²) in [5.41, 5.74) is 0.908. The van der Waals surface area contributed by atoms with Gasteiger partial charge in [0.25, 0.3) is 0 Å². The van der Waals surface area contributed by atoms with E-state index in [-0.39, 0.29) is 11.4 Å². The molecule has 0 aliphatic heterocycles. The highest BCUT2D eigenvalue weighted by atomic mass is 32.2. The van der Waals surface area contributed by atoms with Gasteiger partial charge in [0, 0.05) is 36.7 Å². The van der Waals surface area contributed by atoms with E-state index in [0.29, 0.717) is 24.8 Å². The molecule has 0 aliphatic rings. The lowest BCUT2D eigenvalue weighted by molar-refractivity contribution is -0.118. The van der Waals surface area contributed by atoms with Gasteiger partial charge in [-0.1, -0.05) is 11.8 Å². The van der Waals surface area contributed by atoms with Crippen molar-refractivity contribution in [2.45, 2.75) is 44.9 Å². The second-order valence-electron chi connectivity index (χ2n) is 6.25. The van der Waals surface area contributed by atoms with Crippen molar-refractivity contribution in [1.29, 1.82) is 0 Å². The van der Waals surface area contributed by atoms with E-state index < -0.39 is 0 Å². The predicted molar refractivity (Wildman–Crippen MR) is 95.2 cm³/mol. The van der Waals surface area contributed by atoms with Crippen LogP contribution in [0.15, 0.2) is 35.9 Å². The minimum absolute atomic E-state index is 0.0294. The summed E-state index contributed by atoms with van der Waals surface area (Å²) in [7, 11) is 0. The number of aromatic nitrogens is 3. The molecular formula is C17H24N4O2S. The van der Waals surface area contributed by atoms with Crippen molar-refractivity contribution < 1.29 is 9.53 Å². The third-order valence-corrected chi connectivity index (χ3v) is 4.21. The Morgan fingerprint density at radius 2 is 2.12 bits per heavy atom. The Morgan fingerprint density at radius 3 is 2.83 bits per heavy atom. The van der Waals surface area contributed by atoms with E-state index in [0.717, 1.165) is 10.7 Å². The minimum atomic E-state index is -0.0535. The molecule has 2 heterocycles. The van der Waals surface area contributed by atoms with Crippen LogP contribution in [0.1, 0.15) is 33.3 Å². The normalized spacial score (nSPS) is 11.3. The van der Waals surface area contributed by atoms with E-state index in [2.05, 4.69) is 40.6 Å². The van der Waals surface area contributed by atoms with Gasteiger partial charge in [0.2, 0.25) is 11.8 Å². The second-order valence-corrected chi connectivity index (χ2v) is 7.19. The van der Waals surface area contributed by atoms with E-state index in [1.807, 2.05) is 25.3 Å². The third-order valence-electron chi connectivity index (χ3n) is 3.24. The Bertz CT molecular complexity index is 679. The number of hydrogen-bond acceptors (Lipinski definition) is 5. The van der Waals surface area contributed by atoms with Crippen molar-refractivity contribution in [3.05, 3.63) is 36.3 Å². The van der Waals surface area contributed by atoms with Gasteiger partial charge in [-0.15, -0.1) is 0 Å². The molecule has 0 unspecified atom stereocenters. The molecule has 0 radical (unpaired) electrons. The zero-order chi connectivity index (χ0) is 17.6. The summed E-state index contributed by atoms with van der Waals surface area (Å²) in [6.45, 7) is 9.26. The average Bonchev–Trinajstić information content (AvgIpc) is 3.00. The molecule has 0 saturated carbocycles. The number of rotatable bonds is 7. The maximum atomic E-state index is 12.1. The highest BCUT2D eigenvalue weighted by Crippen LogP contribution is 2.23. The minimum Gasteiger partial charge on any atom is -0.478 e. The second kappa shape index (κ2) is 8.19. The smallest absolute Gasteiger partial charge is 0.230 e. The maximum Gasteiger partial charge on any atom is 0.230 e. The maximum absolute atomic E-state index is 12.1. The van der Waals surface area contributed by atoms with Crippen LogP contribution in [-0.4, -0.2) is 32.8 Å². The first-order valence-corrected chi connectivity index (χ1v) is 8.89. The first-order valence-electron chi connectivity index (χ1n) is 7.91. The molecule has 2 aromatic rings. The summed E-state index contributed by atoms with van der Waals surface area (Å²) in [6.07, 6.45) is 5.38. The van der Waals surface area contributed by atoms with E-state index in [4.69, 9.17) is 4.74 Å². The number of pyridine rings is 1. The number of nitrogens with one attached hydrogen (secondary N) is 1. The van der Waals surface area contributed by atoms with E-state index >= 15 is 0 Å². The standard InChI is InChI=1S/C17H24N4O2S/c1-5-23-15-10-13(6-7-18-15)11-20-14(22)12-24-16-19-8-9-21(16)17(2,3)4/h6-10H,5,11-12H2,1-4H3,(H,20,22). The fraction of sp³-hybridized carbons (Fsp3) is 0.471. The molecule has 7 heteroatoms. The lowest BCUT2D eigenvalue weighted by Gasteiger charge is -2.22. The number of carbonyl (C=O) groups is 1. The van der Waals surface area contributed by atoms with E-state index in [9.17, 15) is 4.79 Å². The van der Waals surface area contributed by atoms with Crippen molar-refractivity contribution >= 4 is 17.7 Å². The molecule has 2 rings (SSSR count). The van der Waals surface area contributed by atoms with Crippen molar-refractivity contribution in [2.24, 2.45) is 0 Å². The predicted octanol–water partition coefficient (Wildman–Crippen LogP) is 2.84. The van der Waals surface area contributed by atoms with Gasteiger partial charge in [-0.05, 0) is 39.3 Å². The topological polar surface area (TPSA) is 69.0 Å². The lowest BCUT2D eigenvalue weighted by atomic mass is 10.1. The van der Waals surface area contributed by atoms with Crippen LogP contribution < -0.4 is 10.1 Å². The first-order chi connectivity index (χ1) is 11.4. The molecule has 0 aromatic carbocycles. The average molecular weight is 348 g/mol. The molecule has 0 aliphatic carbocycles. The van der Waals surface area contributed by atoms with Crippen LogP contribution in [0, 0.1) is 0 Å². The van der Waals surface area contributed by atoms with Crippen molar-refractivity contribution in [2.75, 3.05) is 12.4 Å². The third kappa shape index (κ3) is 5.26. The van der Waals surface area contributed by atoms with Gasteiger partial charge in [-0.3, -0.25) is 4.79 Å². The van der Waals surface area contributed by atoms with Crippen LogP contribution in [0.5, 0.6) is 5.88 Å². The van der Waals surface area contributed by atoms with E-state index in [1.54, 1.807) is 12.4 Å². The monoisotopic (exact) mass is 348 g/mol. The SMILES string of the molecule is CCOc1cc(CNC(=O)CSc2nccn2C(C)(C)C)ccn1. The van der Waals surface area contributed by atoms with Gasteiger partial charge in [0.05, 0.1) is 12.4 Å². The summed E-state index contributed by atoms with van der Waals surface area (Å²) in [6, 6.07) is 3.70. The Hall–Kier alpha value is -2.02. The molecule has 24 heavy (non-hydrogen) atoms. The molecule has 1 N–H and O–H groups in total. The van der Waals surface area contributed by atoms with Crippen LogP contribution in [0.2, 0.25) is 0 Å². The number of ether oxygens (including phenoxy) is 1. The summed E-state index contributed by atoms with van der Waals surface area (Å²) >= 11 is 1.44. The van der Waals surface area contributed by atoms with Gasteiger partial charge in [-0.2, -0.15) is 0 Å². The van der Waals surface area contributed by atoms with Crippen molar-refractivity contribution in [3.63, 3.8) is 0 Å². The van der Waals surface area contributed by atoms with Gasteiger partial charge in [0.1, 0.15) is 0 Å². The highest BCUT2D eigenvalue weighted by Gasteiger charge is 2.17.